The Morgan fingerprint density at radius 1 is 1.31 bits per heavy atom. The lowest BCUT2D eigenvalue weighted by molar-refractivity contribution is -0.113. The number of hydrogen-bond acceptors (Lipinski definition) is 7. The zero-order valence-corrected chi connectivity index (χ0v) is 18.3. The molecule has 1 unspecified atom stereocenters. The van der Waals surface area contributed by atoms with Gasteiger partial charge in [0, 0.05) is 18.0 Å². The van der Waals surface area contributed by atoms with Crippen molar-refractivity contribution in [2.75, 3.05) is 24.8 Å². The van der Waals surface area contributed by atoms with E-state index in [9.17, 15) is 4.79 Å². The number of ether oxygens (including phenoxy) is 2. The molecule has 2 aromatic carbocycles. The minimum atomic E-state index is -0.127. The molecule has 10 heteroatoms. The molecule has 1 saturated heterocycles. The van der Waals surface area contributed by atoms with E-state index >= 15 is 0 Å². The standard InChI is InChI=1S/C22H22N6O3S/c1-30-16-7-5-15(6-8-16)28-13-23-27-22(28)32-12-20(29)24-14-4-9-17-18(11-14)26-21(25-17)19-3-2-10-31-19/h4-9,11,13,19H,2-3,10,12H2,1H3,(H,24,29)(H,25,26). The molecular formula is C22H22N6O3S. The monoisotopic (exact) mass is 450 g/mol. The fraction of sp³-hybridized carbons (Fsp3) is 0.273. The number of H-pyrrole nitrogens is 1. The van der Waals surface area contributed by atoms with Crippen LogP contribution in [0.2, 0.25) is 0 Å². The number of nitrogens with one attached hydrogen (secondary N) is 2. The van der Waals surface area contributed by atoms with Crippen LogP contribution in [0.25, 0.3) is 16.7 Å². The van der Waals surface area contributed by atoms with Crippen LogP contribution in [0.15, 0.2) is 53.9 Å². The number of nitrogens with zero attached hydrogens (tertiary/aromatic N) is 4. The first kappa shape index (κ1) is 20.5. The molecule has 0 saturated carbocycles. The summed E-state index contributed by atoms with van der Waals surface area (Å²) in [6.45, 7) is 0.771. The van der Waals surface area contributed by atoms with Gasteiger partial charge in [0.25, 0.3) is 0 Å². The van der Waals surface area contributed by atoms with Crippen molar-refractivity contribution in [2.45, 2.75) is 24.1 Å². The molecule has 4 aromatic rings. The van der Waals surface area contributed by atoms with Crippen molar-refractivity contribution in [3.63, 3.8) is 0 Å². The Labute approximate surface area is 188 Å². The van der Waals surface area contributed by atoms with Gasteiger partial charge in [-0.1, -0.05) is 11.8 Å². The summed E-state index contributed by atoms with van der Waals surface area (Å²) in [5.74, 6) is 1.69. The minimum Gasteiger partial charge on any atom is -0.497 e. The van der Waals surface area contributed by atoms with Gasteiger partial charge in [-0.3, -0.25) is 9.36 Å². The van der Waals surface area contributed by atoms with Gasteiger partial charge >= 0.3 is 0 Å². The lowest BCUT2D eigenvalue weighted by atomic mass is 10.2. The highest BCUT2D eigenvalue weighted by Gasteiger charge is 2.21. The first-order valence-electron chi connectivity index (χ1n) is 10.3. The number of imidazole rings is 1. The summed E-state index contributed by atoms with van der Waals surface area (Å²) in [5.41, 5.74) is 3.34. The number of rotatable bonds is 7. The van der Waals surface area contributed by atoms with Crippen LogP contribution >= 0.6 is 11.8 Å². The molecule has 1 aliphatic heterocycles. The summed E-state index contributed by atoms with van der Waals surface area (Å²) in [7, 11) is 1.63. The molecule has 32 heavy (non-hydrogen) atoms. The van der Waals surface area contributed by atoms with E-state index in [2.05, 4.69) is 25.5 Å². The van der Waals surface area contributed by atoms with E-state index < -0.39 is 0 Å². The van der Waals surface area contributed by atoms with Crippen molar-refractivity contribution >= 4 is 34.4 Å². The highest BCUT2D eigenvalue weighted by molar-refractivity contribution is 7.99. The normalized spacial score (nSPS) is 15.8. The molecule has 1 aliphatic rings. The molecule has 1 amide bonds. The van der Waals surface area contributed by atoms with Crippen molar-refractivity contribution in [1.29, 1.82) is 0 Å². The Bertz CT molecular complexity index is 1230. The number of carbonyl (C=O) groups is 1. The van der Waals surface area contributed by atoms with E-state index in [1.54, 1.807) is 13.4 Å². The maximum atomic E-state index is 12.5. The second kappa shape index (κ2) is 9.01. The van der Waals surface area contributed by atoms with Gasteiger partial charge in [0.2, 0.25) is 5.91 Å². The first-order chi connectivity index (χ1) is 15.7. The third-order valence-corrected chi connectivity index (χ3v) is 6.16. The third-order valence-electron chi connectivity index (χ3n) is 5.22. The summed E-state index contributed by atoms with van der Waals surface area (Å²) in [5, 5.41) is 11.7. The van der Waals surface area contributed by atoms with Gasteiger partial charge in [0.05, 0.1) is 23.9 Å². The van der Waals surface area contributed by atoms with E-state index in [1.807, 2.05) is 47.0 Å². The molecule has 1 fully saturated rings. The third kappa shape index (κ3) is 4.32. The maximum Gasteiger partial charge on any atom is 0.234 e. The SMILES string of the molecule is COc1ccc(-n2cnnc2SCC(=O)Nc2ccc3nc(C4CCCO4)[nH]c3c2)cc1. The molecule has 0 aliphatic carbocycles. The van der Waals surface area contributed by atoms with Gasteiger partial charge < -0.3 is 19.8 Å². The fourth-order valence-corrected chi connectivity index (χ4v) is 4.35. The Morgan fingerprint density at radius 2 is 2.19 bits per heavy atom. The number of aromatic amines is 1. The zero-order chi connectivity index (χ0) is 21.9. The molecule has 1 atom stereocenters. The van der Waals surface area contributed by atoms with Crippen molar-refractivity contribution in [3.8, 4) is 11.4 Å². The largest absolute Gasteiger partial charge is 0.497 e. The van der Waals surface area contributed by atoms with Crippen LogP contribution in [0.5, 0.6) is 5.75 Å². The Kier molecular flexibility index (Phi) is 5.78. The van der Waals surface area contributed by atoms with Gasteiger partial charge in [-0.15, -0.1) is 10.2 Å². The maximum absolute atomic E-state index is 12.5. The molecule has 2 aromatic heterocycles. The molecule has 3 heterocycles. The number of methoxy groups -OCH3 is 1. The Balaban J connectivity index is 1.22. The second-order valence-corrected chi connectivity index (χ2v) is 8.32. The van der Waals surface area contributed by atoms with Crippen molar-refractivity contribution in [2.24, 2.45) is 0 Å². The lowest BCUT2D eigenvalue weighted by Crippen LogP contribution is -2.14. The molecule has 2 N–H and O–H groups in total. The molecule has 164 valence electrons. The van der Waals surface area contributed by atoms with E-state index in [0.717, 1.165) is 47.7 Å². The quantitative estimate of drug-likeness (QED) is 0.413. The van der Waals surface area contributed by atoms with Crippen molar-refractivity contribution in [3.05, 3.63) is 54.6 Å². The van der Waals surface area contributed by atoms with Crippen LogP contribution in [0.4, 0.5) is 5.69 Å². The topological polar surface area (TPSA) is 107 Å². The highest BCUT2D eigenvalue weighted by atomic mass is 32.2. The Hall–Kier alpha value is -3.37. The second-order valence-electron chi connectivity index (χ2n) is 7.37. The number of benzene rings is 2. The summed E-state index contributed by atoms with van der Waals surface area (Å²) in [4.78, 5) is 20.5. The lowest BCUT2D eigenvalue weighted by Gasteiger charge is -2.08. The number of fused-ring (bicyclic) bond motifs is 1. The van der Waals surface area contributed by atoms with Gasteiger partial charge in [0.1, 0.15) is 24.0 Å². The van der Waals surface area contributed by atoms with Gasteiger partial charge in [-0.25, -0.2) is 4.98 Å². The molecule has 0 spiro atoms. The number of thioether (sulfide) groups is 1. The van der Waals surface area contributed by atoms with Gasteiger partial charge in [0.15, 0.2) is 5.16 Å². The van der Waals surface area contributed by atoms with Crippen molar-refractivity contribution < 1.29 is 14.3 Å². The van der Waals surface area contributed by atoms with Crippen LogP contribution < -0.4 is 10.1 Å². The Morgan fingerprint density at radius 3 is 2.97 bits per heavy atom. The van der Waals surface area contributed by atoms with E-state index in [4.69, 9.17) is 9.47 Å². The van der Waals surface area contributed by atoms with Gasteiger partial charge in [-0.2, -0.15) is 0 Å². The number of hydrogen-bond donors (Lipinski definition) is 2. The highest BCUT2D eigenvalue weighted by Crippen LogP contribution is 2.29. The van der Waals surface area contributed by atoms with Crippen LogP contribution in [0.1, 0.15) is 24.8 Å². The molecule has 0 bridgehead atoms. The fourth-order valence-electron chi connectivity index (χ4n) is 3.62. The average Bonchev–Trinajstić information content (AvgIpc) is 3.58. The summed E-state index contributed by atoms with van der Waals surface area (Å²) >= 11 is 1.32. The predicted octanol–water partition coefficient (Wildman–Crippen LogP) is 3.73. The van der Waals surface area contributed by atoms with Crippen LogP contribution in [0.3, 0.4) is 0 Å². The van der Waals surface area contributed by atoms with Crippen LogP contribution in [-0.2, 0) is 9.53 Å². The number of anilines is 1. The van der Waals surface area contributed by atoms with Crippen molar-refractivity contribution in [1.82, 2.24) is 24.7 Å². The van der Waals surface area contributed by atoms with E-state index in [1.165, 1.54) is 11.8 Å². The zero-order valence-electron chi connectivity index (χ0n) is 17.4. The smallest absolute Gasteiger partial charge is 0.234 e. The van der Waals surface area contributed by atoms with E-state index in [0.29, 0.717) is 10.8 Å². The summed E-state index contributed by atoms with van der Waals surface area (Å²) in [6, 6.07) is 13.2. The van der Waals surface area contributed by atoms with E-state index in [-0.39, 0.29) is 17.8 Å². The van der Waals surface area contributed by atoms with Gasteiger partial charge in [-0.05, 0) is 55.3 Å². The molecule has 9 nitrogen and oxygen atoms in total. The number of amides is 1. The first-order valence-corrected chi connectivity index (χ1v) is 11.3. The molecule has 0 radical (unpaired) electrons. The number of aromatic nitrogens is 5. The minimum absolute atomic E-state index is 0.0277. The summed E-state index contributed by atoms with van der Waals surface area (Å²) in [6.07, 6.45) is 3.68. The predicted molar refractivity (Wildman–Crippen MR) is 121 cm³/mol. The average molecular weight is 451 g/mol. The number of carbonyl (C=O) groups excluding carboxylic acids is 1. The molecular weight excluding hydrogens is 428 g/mol. The molecule has 5 rings (SSSR count). The van der Waals surface area contributed by atoms with Crippen LogP contribution in [0, 0.1) is 0 Å². The summed E-state index contributed by atoms with van der Waals surface area (Å²) < 4.78 is 12.7. The van der Waals surface area contributed by atoms with Crippen LogP contribution in [-0.4, -0.2) is 50.1 Å².